The molecule has 0 aliphatic heterocycles. The van der Waals surface area contributed by atoms with Crippen molar-refractivity contribution in [3.63, 3.8) is 0 Å². The van der Waals surface area contributed by atoms with Gasteiger partial charge in [-0.15, -0.1) is 11.3 Å². The van der Waals surface area contributed by atoms with Crippen LogP contribution in [0.3, 0.4) is 0 Å². The van der Waals surface area contributed by atoms with E-state index in [1.54, 1.807) is 13.8 Å². The van der Waals surface area contributed by atoms with Crippen LogP contribution < -0.4 is 0 Å². The summed E-state index contributed by atoms with van der Waals surface area (Å²) in [5.74, 6) is 0. The molecule has 4 heteroatoms. The van der Waals surface area contributed by atoms with E-state index in [0.717, 1.165) is 0 Å². The summed E-state index contributed by atoms with van der Waals surface area (Å²) >= 11 is 1.23. The minimum Gasteiger partial charge on any atom is -0.390 e. The Morgan fingerprint density at radius 2 is 2.27 bits per heavy atom. The van der Waals surface area contributed by atoms with Crippen molar-refractivity contribution in [3.05, 3.63) is 16.1 Å². The summed E-state index contributed by atoms with van der Waals surface area (Å²) in [5, 5.41) is 21.5. The molecule has 1 rings (SSSR count). The first kappa shape index (κ1) is 8.64. The average molecular weight is 172 g/mol. The molecule has 1 radical (unpaired) electrons. The Morgan fingerprint density at radius 3 is 2.55 bits per heavy atom. The Kier molecular flexibility index (Phi) is 2.27. The molecule has 0 aliphatic carbocycles. The van der Waals surface area contributed by atoms with Crippen molar-refractivity contribution in [2.75, 3.05) is 0 Å². The smallest absolute Gasteiger partial charge is 0.125 e. The molecular weight excluding hydrogens is 162 g/mol. The summed E-state index contributed by atoms with van der Waals surface area (Å²) in [6.07, 6.45) is 0. The molecule has 2 N–H and O–H groups in total. The molecule has 0 atom stereocenters. The molecule has 3 nitrogen and oxygen atoms in total. The summed E-state index contributed by atoms with van der Waals surface area (Å²) < 4.78 is 0. The van der Waals surface area contributed by atoms with Crippen LogP contribution >= 0.6 is 11.3 Å². The maximum atomic E-state index is 9.44. The Balaban J connectivity index is 2.89. The van der Waals surface area contributed by atoms with Gasteiger partial charge in [0.1, 0.15) is 10.6 Å². The lowest BCUT2D eigenvalue weighted by Crippen LogP contribution is -2.14. The summed E-state index contributed by atoms with van der Waals surface area (Å²) in [4.78, 5) is 3.96. The molecule has 0 fully saturated rings. The number of aromatic nitrogens is 1. The largest absolute Gasteiger partial charge is 0.390 e. The summed E-state index contributed by atoms with van der Waals surface area (Å²) in [5.41, 5.74) is -0.429. The van der Waals surface area contributed by atoms with E-state index in [1.807, 2.05) is 0 Å². The van der Waals surface area contributed by atoms with Gasteiger partial charge in [-0.3, -0.25) is 0 Å². The fraction of sp³-hybridized carbons (Fsp3) is 0.571. The Bertz CT molecular complexity index is 239. The van der Waals surface area contributed by atoms with Crippen LogP contribution in [-0.2, 0) is 12.2 Å². The van der Waals surface area contributed by atoms with E-state index in [4.69, 9.17) is 5.11 Å². The van der Waals surface area contributed by atoms with Crippen molar-refractivity contribution in [1.29, 1.82) is 0 Å². The van der Waals surface area contributed by atoms with Gasteiger partial charge in [0.05, 0.1) is 17.7 Å². The van der Waals surface area contributed by atoms with Crippen LogP contribution in [0.4, 0.5) is 0 Å². The zero-order valence-electron chi connectivity index (χ0n) is 6.46. The van der Waals surface area contributed by atoms with Crippen molar-refractivity contribution in [3.8, 4) is 0 Å². The Morgan fingerprint density at radius 1 is 1.64 bits per heavy atom. The topological polar surface area (TPSA) is 53.4 Å². The summed E-state index contributed by atoms with van der Waals surface area (Å²) in [6.45, 7) is 3.19. The van der Waals surface area contributed by atoms with Crippen molar-refractivity contribution in [2.45, 2.75) is 26.1 Å². The van der Waals surface area contributed by atoms with Gasteiger partial charge >= 0.3 is 0 Å². The molecule has 1 aromatic heterocycles. The van der Waals surface area contributed by atoms with E-state index in [0.29, 0.717) is 10.7 Å². The van der Waals surface area contributed by atoms with Gasteiger partial charge in [0.25, 0.3) is 0 Å². The summed E-state index contributed by atoms with van der Waals surface area (Å²) in [6, 6.07) is 0. The molecule has 0 aliphatic rings. The van der Waals surface area contributed by atoms with E-state index < -0.39 is 5.60 Å². The molecule has 11 heavy (non-hydrogen) atoms. The number of rotatable bonds is 2. The van der Waals surface area contributed by atoms with Gasteiger partial charge in [-0.2, -0.15) is 0 Å². The number of hydrogen-bond donors (Lipinski definition) is 2. The molecule has 0 amide bonds. The van der Waals surface area contributed by atoms with Gasteiger partial charge in [-0.1, -0.05) is 0 Å². The first-order valence-electron chi connectivity index (χ1n) is 3.25. The molecule has 1 heterocycles. The predicted octanol–water partition coefficient (Wildman–Crippen LogP) is 0.663. The maximum absolute atomic E-state index is 9.44. The van der Waals surface area contributed by atoms with Crippen LogP contribution in [0.1, 0.15) is 24.5 Å². The highest BCUT2D eigenvalue weighted by atomic mass is 32.1. The Labute approximate surface area is 69.3 Å². The molecule has 0 bridgehead atoms. The highest BCUT2D eigenvalue weighted by Crippen LogP contribution is 2.22. The fourth-order valence-electron chi connectivity index (χ4n) is 0.605. The number of hydrogen-bond acceptors (Lipinski definition) is 4. The van der Waals surface area contributed by atoms with Crippen molar-refractivity contribution in [2.24, 2.45) is 0 Å². The fourth-order valence-corrected chi connectivity index (χ4v) is 1.34. The number of nitrogens with zero attached hydrogens (tertiary/aromatic N) is 1. The monoisotopic (exact) mass is 172 g/mol. The van der Waals surface area contributed by atoms with Crippen LogP contribution in [-0.4, -0.2) is 15.2 Å². The van der Waals surface area contributed by atoms with Crippen molar-refractivity contribution < 1.29 is 10.2 Å². The first-order chi connectivity index (χ1) is 5.04. The SMILES string of the molecule is CC(C)(O)c1nc(CO)[c]s1. The molecule has 1 aromatic rings. The second kappa shape index (κ2) is 2.89. The van der Waals surface area contributed by atoms with Gasteiger partial charge in [0.2, 0.25) is 0 Å². The van der Waals surface area contributed by atoms with Crippen LogP contribution in [0, 0.1) is 5.38 Å². The van der Waals surface area contributed by atoms with E-state index >= 15 is 0 Å². The van der Waals surface area contributed by atoms with Crippen LogP contribution in [0.2, 0.25) is 0 Å². The lowest BCUT2D eigenvalue weighted by atomic mass is 10.2. The highest BCUT2D eigenvalue weighted by Gasteiger charge is 2.19. The zero-order valence-corrected chi connectivity index (χ0v) is 7.27. The third-order valence-corrected chi connectivity index (χ3v) is 2.30. The molecule has 0 aromatic carbocycles. The normalized spacial score (nSPS) is 12.0. The van der Waals surface area contributed by atoms with Crippen LogP contribution in [0.5, 0.6) is 0 Å². The van der Waals surface area contributed by atoms with E-state index in [-0.39, 0.29) is 6.61 Å². The standard InChI is InChI=1S/C7H10NO2S/c1-7(2,10)6-8-5(3-9)4-11-6/h9-10H,3H2,1-2H3. The van der Waals surface area contributed by atoms with Crippen molar-refractivity contribution >= 4 is 11.3 Å². The van der Waals surface area contributed by atoms with Crippen LogP contribution in [0.25, 0.3) is 0 Å². The predicted molar refractivity (Wildman–Crippen MR) is 42.1 cm³/mol. The number of aliphatic hydroxyl groups is 2. The number of thiazole rings is 1. The molecule has 0 spiro atoms. The minimum absolute atomic E-state index is 0.118. The van der Waals surface area contributed by atoms with Gasteiger partial charge in [-0.25, -0.2) is 4.98 Å². The molecule has 0 saturated heterocycles. The van der Waals surface area contributed by atoms with Gasteiger partial charge in [0, 0.05) is 0 Å². The van der Waals surface area contributed by atoms with Gasteiger partial charge in [0.15, 0.2) is 0 Å². The molecule has 0 unspecified atom stereocenters. The molecular formula is C7H10NO2S. The number of aliphatic hydroxyl groups excluding tert-OH is 1. The second-order valence-electron chi connectivity index (χ2n) is 2.78. The lowest BCUT2D eigenvalue weighted by Gasteiger charge is -2.12. The molecule has 61 valence electrons. The third kappa shape index (κ3) is 1.99. The Hall–Kier alpha value is -0.450. The van der Waals surface area contributed by atoms with Crippen LogP contribution in [0.15, 0.2) is 0 Å². The first-order valence-corrected chi connectivity index (χ1v) is 4.07. The van der Waals surface area contributed by atoms with Crippen molar-refractivity contribution in [1.82, 2.24) is 4.98 Å². The van der Waals surface area contributed by atoms with Gasteiger partial charge in [-0.05, 0) is 13.8 Å². The quantitative estimate of drug-likeness (QED) is 0.689. The third-order valence-electron chi connectivity index (χ3n) is 1.18. The average Bonchev–Trinajstić information content (AvgIpc) is 2.32. The zero-order chi connectivity index (χ0) is 8.48. The maximum Gasteiger partial charge on any atom is 0.125 e. The van der Waals surface area contributed by atoms with E-state index in [9.17, 15) is 5.11 Å². The minimum atomic E-state index is -0.922. The van der Waals surface area contributed by atoms with E-state index in [2.05, 4.69) is 10.4 Å². The lowest BCUT2D eigenvalue weighted by molar-refractivity contribution is 0.0779. The van der Waals surface area contributed by atoms with E-state index in [1.165, 1.54) is 11.3 Å². The molecule has 0 saturated carbocycles. The van der Waals surface area contributed by atoms with Gasteiger partial charge < -0.3 is 10.2 Å². The highest BCUT2D eigenvalue weighted by molar-refractivity contribution is 7.09. The second-order valence-corrected chi connectivity index (χ2v) is 3.58. The summed E-state index contributed by atoms with van der Waals surface area (Å²) in [7, 11) is 0.